The Morgan fingerprint density at radius 1 is 0.892 bits per heavy atom. The first-order valence-corrected chi connectivity index (χ1v) is 12.4. The lowest BCUT2D eigenvalue weighted by atomic mass is 10.0. The van der Waals surface area contributed by atoms with Crippen LogP contribution in [0.4, 0.5) is 0 Å². The Balaban J connectivity index is 1.78. The molecular formula is C26H31N5O5S. The average Bonchev–Trinajstić information content (AvgIpc) is 3.29. The zero-order chi connectivity index (χ0) is 26.9. The van der Waals surface area contributed by atoms with Crippen molar-refractivity contribution < 1.29 is 24.3 Å². The Bertz CT molecular complexity index is 1250. The second-order valence-electron chi connectivity index (χ2n) is 8.73. The number of nitrogens with one attached hydrogen (secondary N) is 4. The highest BCUT2D eigenvalue weighted by Crippen LogP contribution is 2.19. The van der Waals surface area contributed by atoms with Gasteiger partial charge in [-0.2, -0.15) is 12.6 Å². The van der Waals surface area contributed by atoms with Gasteiger partial charge in [0.15, 0.2) is 0 Å². The van der Waals surface area contributed by atoms with E-state index in [2.05, 4.69) is 33.6 Å². The van der Waals surface area contributed by atoms with Crippen LogP contribution in [0.3, 0.4) is 0 Å². The maximum atomic E-state index is 13.3. The summed E-state index contributed by atoms with van der Waals surface area (Å²) in [4.78, 5) is 53.0. The van der Waals surface area contributed by atoms with Crippen molar-refractivity contribution in [2.45, 2.75) is 43.9 Å². The molecule has 0 aliphatic heterocycles. The molecule has 0 saturated carbocycles. The lowest BCUT2D eigenvalue weighted by Gasteiger charge is -2.24. The molecule has 196 valence electrons. The van der Waals surface area contributed by atoms with Crippen LogP contribution >= 0.6 is 12.6 Å². The Morgan fingerprint density at radius 3 is 2.19 bits per heavy atom. The summed E-state index contributed by atoms with van der Waals surface area (Å²) in [6.07, 6.45) is 2.17. The molecule has 11 heteroatoms. The van der Waals surface area contributed by atoms with Crippen LogP contribution in [0.15, 0.2) is 60.8 Å². The number of aromatic nitrogens is 1. The van der Waals surface area contributed by atoms with Gasteiger partial charge in [-0.3, -0.25) is 19.2 Å². The fourth-order valence-corrected chi connectivity index (χ4v) is 4.07. The van der Waals surface area contributed by atoms with Gasteiger partial charge in [0.05, 0.1) is 6.04 Å². The van der Waals surface area contributed by atoms with Crippen molar-refractivity contribution >= 4 is 47.2 Å². The lowest BCUT2D eigenvalue weighted by Crippen LogP contribution is -2.58. The predicted octanol–water partition coefficient (Wildman–Crippen LogP) is 0.769. The largest absolute Gasteiger partial charge is 0.480 e. The number of carbonyl (C=O) groups is 4. The minimum atomic E-state index is -1.21. The summed E-state index contributed by atoms with van der Waals surface area (Å²) in [5.74, 6) is -3.13. The van der Waals surface area contributed by atoms with Crippen LogP contribution in [0.5, 0.6) is 0 Å². The summed E-state index contributed by atoms with van der Waals surface area (Å²) in [6.45, 7) is 1.31. The Labute approximate surface area is 219 Å². The van der Waals surface area contributed by atoms with E-state index < -0.39 is 47.9 Å². The summed E-state index contributed by atoms with van der Waals surface area (Å²) < 4.78 is 0. The number of nitrogens with two attached hydrogens (primary N) is 1. The van der Waals surface area contributed by atoms with E-state index >= 15 is 0 Å². The Hall–Kier alpha value is -3.83. The van der Waals surface area contributed by atoms with Crippen LogP contribution < -0.4 is 21.7 Å². The van der Waals surface area contributed by atoms with Gasteiger partial charge in [0, 0.05) is 29.3 Å². The van der Waals surface area contributed by atoms with E-state index in [1.165, 1.54) is 6.92 Å². The number of H-pyrrole nitrogens is 1. The number of hydrogen-bond donors (Lipinski definition) is 7. The Kier molecular flexibility index (Phi) is 9.70. The van der Waals surface area contributed by atoms with E-state index in [1.54, 1.807) is 6.20 Å². The SMILES string of the molecule is CC(NC(=O)C(CS)NC(=O)C(Cc1c[nH]c2ccccc12)NC(=O)C(N)Cc1ccccc1)C(=O)O. The van der Waals surface area contributed by atoms with E-state index in [0.717, 1.165) is 22.0 Å². The first kappa shape index (κ1) is 27.8. The molecule has 3 amide bonds. The van der Waals surface area contributed by atoms with Crippen LogP contribution in [-0.4, -0.2) is 63.7 Å². The molecular weight excluding hydrogens is 494 g/mol. The van der Waals surface area contributed by atoms with Crippen molar-refractivity contribution in [3.05, 3.63) is 71.9 Å². The van der Waals surface area contributed by atoms with Gasteiger partial charge in [-0.15, -0.1) is 0 Å². The number of carboxylic acid groups (broad SMARTS) is 1. The standard InChI is InChI=1S/C26H31N5O5S/c1-15(26(35)36)29-25(34)22(14-37)31-24(33)21(12-17-13-28-20-10-6-5-9-18(17)20)30-23(32)19(27)11-16-7-3-2-4-8-16/h2-10,13,15,19,21-22,28,37H,11-12,14,27H2,1H3,(H,29,34)(H,30,32)(H,31,33)(H,35,36). The number of thiol groups is 1. The quantitative estimate of drug-likeness (QED) is 0.173. The third-order valence-corrected chi connectivity index (χ3v) is 6.28. The highest BCUT2D eigenvalue weighted by Gasteiger charge is 2.29. The molecule has 0 aliphatic carbocycles. The van der Waals surface area contributed by atoms with Gasteiger partial charge < -0.3 is 31.8 Å². The highest BCUT2D eigenvalue weighted by molar-refractivity contribution is 7.80. The van der Waals surface area contributed by atoms with Crippen LogP contribution in [0.1, 0.15) is 18.1 Å². The molecule has 37 heavy (non-hydrogen) atoms. The summed E-state index contributed by atoms with van der Waals surface area (Å²) in [5, 5.41) is 17.6. The minimum Gasteiger partial charge on any atom is -0.480 e. The van der Waals surface area contributed by atoms with Gasteiger partial charge in [0.25, 0.3) is 0 Å². The van der Waals surface area contributed by atoms with Crippen LogP contribution in [0.25, 0.3) is 10.9 Å². The molecule has 0 spiro atoms. The van der Waals surface area contributed by atoms with Crippen LogP contribution in [0, 0.1) is 0 Å². The normalized spacial score (nSPS) is 14.2. The van der Waals surface area contributed by atoms with E-state index in [-0.39, 0.29) is 18.6 Å². The first-order chi connectivity index (χ1) is 17.7. The van der Waals surface area contributed by atoms with Crippen molar-refractivity contribution in [3.63, 3.8) is 0 Å². The third-order valence-electron chi connectivity index (χ3n) is 5.91. The molecule has 0 bridgehead atoms. The summed E-state index contributed by atoms with van der Waals surface area (Å²) in [7, 11) is 0. The number of rotatable bonds is 12. The zero-order valence-electron chi connectivity index (χ0n) is 20.3. The Morgan fingerprint density at radius 2 is 1.51 bits per heavy atom. The number of aromatic amines is 1. The monoisotopic (exact) mass is 525 g/mol. The maximum Gasteiger partial charge on any atom is 0.325 e. The molecule has 2 aromatic carbocycles. The van der Waals surface area contributed by atoms with E-state index in [4.69, 9.17) is 10.8 Å². The van der Waals surface area contributed by atoms with Gasteiger partial charge in [-0.05, 0) is 30.5 Å². The van der Waals surface area contributed by atoms with Gasteiger partial charge >= 0.3 is 5.97 Å². The van der Waals surface area contributed by atoms with E-state index in [9.17, 15) is 19.2 Å². The molecule has 3 aromatic rings. The van der Waals surface area contributed by atoms with Crippen molar-refractivity contribution in [3.8, 4) is 0 Å². The average molecular weight is 526 g/mol. The molecule has 7 N–H and O–H groups in total. The topological polar surface area (TPSA) is 166 Å². The second-order valence-corrected chi connectivity index (χ2v) is 9.10. The van der Waals surface area contributed by atoms with E-state index in [1.807, 2.05) is 54.6 Å². The fourth-order valence-electron chi connectivity index (χ4n) is 3.81. The number of aliphatic carboxylic acids is 1. The van der Waals surface area contributed by atoms with Gasteiger partial charge in [0.2, 0.25) is 17.7 Å². The maximum absolute atomic E-state index is 13.3. The van der Waals surface area contributed by atoms with Crippen molar-refractivity contribution in [2.75, 3.05) is 5.75 Å². The number of benzene rings is 2. The lowest BCUT2D eigenvalue weighted by molar-refractivity contribution is -0.141. The molecule has 0 radical (unpaired) electrons. The number of fused-ring (bicyclic) bond motifs is 1. The minimum absolute atomic E-state index is 0.0782. The molecule has 0 saturated heterocycles. The third kappa shape index (κ3) is 7.58. The first-order valence-electron chi connectivity index (χ1n) is 11.8. The molecule has 1 aromatic heterocycles. The van der Waals surface area contributed by atoms with Gasteiger partial charge in [-0.25, -0.2) is 0 Å². The molecule has 0 aliphatic rings. The molecule has 1 heterocycles. The molecule has 0 fully saturated rings. The van der Waals surface area contributed by atoms with Crippen molar-refractivity contribution in [2.24, 2.45) is 5.73 Å². The smallest absolute Gasteiger partial charge is 0.325 e. The van der Waals surface area contributed by atoms with Crippen molar-refractivity contribution in [1.29, 1.82) is 0 Å². The summed E-state index contributed by atoms with van der Waals surface area (Å²) in [5.41, 5.74) is 8.68. The van der Waals surface area contributed by atoms with Crippen LogP contribution in [-0.2, 0) is 32.0 Å². The molecule has 4 atom stereocenters. The van der Waals surface area contributed by atoms with Gasteiger partial charge in [-0.1, -0.05) is 48.5 Å². The fraction of sp³-hybridized carbons (Fsp3) is 0.308. The number of carbonyl (C=O) groups excluding carboxylic acids is 3. The number of para-hydroxylation sites is 1. The summed E-state index contributed by atoms with van der Waals surface area (Å²) in [6, 6.07) is 12.6. The van der Waals surface area contributed by atoms with Gasteiger partial charge in [0.1, 0.15) is 18.1 Å². The highest BCUT2D eigenvalue weighted by atomic mass is 32.1. The molecule has 10 nitrogen and oxygen atoms in total. The van der Waals surface area contributed by atoms with Crippen LogP contribution in [0.2, 0.25) is 0 Å². The second kappa shape index (κ2) is 12.9. The number of carboxylic acids is 1. The van der Waals surface area contributed by atoms with Crippen molar-refractivity contribution in [1.82, 2.24) is 20.9 Å². The number of amides is 3. The van der Waals surface area contributed by atoms with E-state index in [0.29, 0.717) is 0 Å². The molecule has 3 rings (SSSR count). The summed E-state index contributed by atoms with van der Waals surface area (Å²) >= 11 is 4.13. The predicted molar refractivity (Wildman–Crippen MR) is 143 cm³/mol. The molecule has 4 unspecified atom stereocenters. The zero-order valence-corrected chi connectivity index (χ0v) is 21.2. The number of hydrogen-bond acceptors (Lipinski definition) is 6.